The van der Waals surface area contributed by atoms with Crippen molar-refractivity contribution in [2.75, 3.05) is 38.0 Å². The van der Waals surface area contributed by atoms with Crippen LogP contribution in [0.2, 0.25) is 0 Å². The average molecular weight is 358 g/mol. The van der Waals surface area contributed by atoms with Gasteiger partial charge in [-0.25, -0.2) is 0 Å². The first-order valence-electron chi connectivity index (χ1n) is 8.65. The van der Waals surface area contributed by atoms with E-state index in [-0.39, 0.29) is 12.5 Å². The first-order chi connectivity index (χ1) is 12.7. The Morgan fingerprint density at radius 3 is 2.54 bits per heavy atom. The molecule has 2 aromatic rings. The van der Waals surface area contributed by atoms with Crippen molar-refractivity contribution in [2.45, 2.75) is 19.8 Å². The summed E-state index contributed by atoms with van der Waals surface area (Å²) in [5.74, 6) is 1.82. The Balaban J connectivity index is 1.97. The number of nitrogens with one attached hydrogen (secondary N) is 2. The zero-order valence-electron chi connectivity index (χ0n) is 15.5. The second kappa shape index (κ2) is 10.2. The largest absolute Gasteiger partial charge is 0.497 e. The predicted molar refractivity (Wildman–Crippen MR) is 104 cm³/mol. The van der Waals surface area contributed by atoms with Gasteiger partial charge in [-0.3, -0.25) is 4.79 Å². The van der Waals surface area contributed by atoms with Crippen LogP contribution in [0.5, 0.6) is 17.2 Å². The summed E-state index contributed by atoms with van der Waals surface area (Å²) < 4.78 is 16.2. The van der Waals surface area contributed by atoms with Crippen molar-refractivity contribution in [3.63, 3.8) is 0 Å². The van der Waals surface area contributed by atoms with Crippen molar-refractivity contribution >= 4 is 17.3 Å². The summed E-state index contributed by atoms with van der Waals surface area (Å²) in [4.78, 5) is 12.3. The lowest BCUT2D eigenvalue weighted by molar-refractivity contribution is -0.114. The Kier molecular flexibility index (Phi) is 7.61. The number of unbranched alkanes of at least 4 members (excludes halogenated alkanes) is 1. The molecule has 0 atom stereocenters. The molecule has 0 aliphatic rings. The molecule has 140 valence electrons. The topological polar surface area (TPSA) is 68.8 Å². The molecule has 26 heavy (non-hydrogen) atoms. The third kappa shape index (κ3) is 5.58. The molecule has 0 spiro atoms. The van der Waals surface area contributed by atoms with E-state index in [1.54, 1.807) is 32.4 Å². The summed E-state index contributed by atoms with van der Waals surface area (Å²) >= 11 is 0. The number of hydrogen-bond donors (Lipinski definition) is 2. The van der Waals surface area contributed by atoms with Gasteiger partial charge in [0.15, 0.2) is 0 Å². The maximum Gasteiger partial charge on any atom is 0.243 e. The number of hydrogen-bond acceptors (Lipinski definition) is 5. The van der Waals surface area contributed by atoms with Crippen molar-refractivity contribution in [1.29, 1.82) is 0 Å². The van der Waals surface area contributed by atoms with E-state index in [1.807, 2.05) is 24.3 Å². The molecule has 0 bridgehead atoms. The standard InChI is InChI=1S/C20H26N2O4/c1-4-5-12-26-19-9-7-6-8-16(19)22-20(23)14-21-17-13-15(24-2)10-11-18(17)25-3/h6-11,13,21H,4-5,12,14H2,1-3H3,(H,22,23). The SMILES string of the molecule is CCCCOc1ccccc1NC(=O)CNc1cc(OC)ccc1OC. The lowest BCUT2D eigenvalue weighted by atomic mass is 10.2. The van der Waals surface area contributed by atoms with Crippen LogP contribution in [0.1, 0.15) is 19.8 Å². The summed E-state index contributed by atoms with van der Waals surface area (Å²) in [6, 6.07) is 12.8. The maximum absolute atomic E-state index is 12.3. The lowest BCUT2D eigenvalue weighted by Gasteiger charge is -2.14. The molecule has 0 unspecified atom stereocenters. The van der Waals surface area contributed by atoms with Crippen molar-refractivity contribution in [3.8, 4) is 17.2 Å². The Bertz CT molecular complexity index is 719. The summed E-state index contributed by atoms with van der Waals surface area (Å²) in [5.41, 5.74) is 1.35. The fourth-order valence-electron chi connectivity index (χ4n) is 2.34. The summed E-state index contributed by atoms with van der Waals surface area (Å²) in [7, 11) is 3.17. The van der Waals surface area contributed by atoms with Gasteiger partial charge in [-0.1, -0.05) is 25.5 Å². The maximum atomic E-state index is 12.3. The highest BCUT2D eigenvalue weighted by atomic mass is 16.5. The Morgan fingerprint density at radius 1 is 1.00 bits per heavy atom. The molecule has 0 aliphatic carbocycles. The Hall–Kier alpha value is -2.89. The monoisotopic (exact) mass is 358 g/mol. The van der Waals surface area contributed by atoms with E-state index in [1.165, 1.54) is 0 Å². The lowest BCUT2D eigenvalue weighted by Crippen LogP contribution is -2.22. The molecule has 6 nitrogen and oxygen atoms in total. The van der Waals surface area contributed by atoms with E-state index in [4.69, 9.17) is 14.2 Å². The normalized spacial score (nSPS) is 10.1. The van der Waals surface area contributed by atoms with Gasteiger partial charge in [-0.15, -0.1) is 0 Å². The minimum absolute atomic E-state index is 0.0901. The molecular weight excluding hydrogens is 332 g/mol. The third-order valence-corrected chi connectivity index (χ3v) is 3.76. The van der Waals surface area contributed by atoms with Gasteiger partial charge in [0.2, 0.25) is 5.91 Å². The van der Waals surface area contributed by atoms with Crippen molar-refractivity contribution in [3.05, 3.63) is 42.5 Å². The summed E-state index contributed by atoms with van der Waals surface area (Å²) in [6.45, 7) is 2.82. The van der Waals surface area contributed by atoms with Crippen LogP contribution in [0.25, 0.3) is 0 Å². The van der Waals surface area contributed by atoms with Gasteiger partial charge >= 0.3 is 0 Å². The van der Waals surface area contributed by atoms with E-state index in [0.717, 1.165) is 12.8 Å². The van der Waals surface area contributed by atoms with Crippen LogP contribution in [-0.4, -0.2) is 33.3 Å². The van der Waals surface area contributed by atoms with E-state index in [2.05, 4.69) is 17.6 Å². The van der Waals surface area contributed by atoms with Crippen molar-refractivity contribution in [2.24, 2.45) is 0 Å². The molecule has 0 saturated carbocycles. The number of carbonyl (C=O) groups excluding carboxylic acids is 1. The molecular formula is C20H26N2O4. The zero-order valence-corrected chi connectivity index (χ0v) is 15.5. The second-order valence-corrected chi connectivity index (χ2v) is 5.67. The van der Waals surface area contributed by atoms with E-state index in [0.29, 0.717) is 35.2 Å². The fraction of sp³-hybridized carbons (Fsp3) is 0.350. The predicted octanol–water partition coefficient (Wildman–Crippen LogP) is 3.93. The smallest absolute Gasteiger partial charge is 0.243 e. The Morgan fingerprint density at radius 2 is 1.81 bits per heavy atom. The Labute approximate surface area is 154 Å². The number of anilines is 2. The third-order valence-electron chi connectivity index (χ3n) is 3.76. The van der Waals surface area contributed by atoms with Crippen molar-refractivity contribution in [1.82, 2.24) is 0 Å². The van der Waals surface area contributed by atoms with Gasteiger partial charge in [0.25, 0.3) is 0 Å². The van der Waals surface area contributed by atoms with Crippen LogP contribution in [0, 0.1) is 0 Å². The molecule has 2 N–H and O–H groups in total. The zero-order chi connectivity index (χ0) is 18.8. The number of benzene rings is 2. The van der Waals surface area contributed by atoms with Crippen LogP contribution in [0.4, 0.5) is 11.4 Å². The first-order valence-corrected chi connectivity index (χ1v) is 8.65. The molecule has 0 fully saturated rings. The van der Waals surface area contributed by atoms with Crippen LogP contribution in [0.3, 0.4) is 0 Å². The molecule has 0 aromatic heterocycles. The van der Waals surface area contributed by atoms with Gasteiger partial charge in [-0.05, 0) is 30.7 Å². The van der Waals surface area contributed by atoms with Gasteiger partial charge in [-0.2, -0.15) is 0 Å². The number of rotatable bonds is 10. The van der Waals surface area contributed by atoms with Crippen LogP contribution < -0.4 is 24.8 Å². The fourth-order valence-corrected chi connectivity index (χ4v) is 2.34. The second-order valence-electron chi connectivity index (χ2n) is 5.67. The van der Waals surface area contributed by atoms with E-state index >= 15 is 0 Å². The highest BCUT2D eigenvalue weighted by Crippen LogP contribution is 2.29. The van der Waals surface area contributed by atoms with Gasteiger partial charge < -0.3 is 24.8 Å². The number of ether oxygens (including phenoxy) is 3. The number of para-hydroxylation sites is 2. The molecule has 0 radical (unpaired) electrons. The minimum atomic E-state index is -0.179. The van der Waals surface area contributed by atoms with Crippen LogP contribution in [-0.2, 0) is 4.79 Å². The number of carbonyl (C=O) groups is 1. The number of methoxy groups -OCH3 is 2. The first kappa shape index (κ1) is 19.4. The van der Waals surface area contributed by atoms with Crippen molar-refractivity contribution < 1.29 is 19.0 Å². The van der Waals surface area contributed by atoms with Gasteiger partial charge in [0.1, 0.15) is 17.2 Å². The highest BCUT2D eigenvalue weighted by Gasteiger charge is 2.10. The molecule has 6 heteroatoms. The number of amides is 1. The molecule has 1 amide bonds. The van der Waals surface area contributed by atoms with Gasteiger partial charge in [0, 0.05) is 6.07 Å². The molecule has 0 aliphatic heterocycles. The average Bonchev–Trinajstić information content (AvgIpc) is 2.67. The quantitative estimate of drug-likeness (QED) is 0.630. The molecule has 0 heterocycles. The summed E-state index contributed by atoms with van der Waals surface area (Å²) in [5, 5.41) is 5.95. The molecule has 0 saturated heterocycles. The highest BCUT2D eigenvalue weighted by molar-refractivity contribution is 5.95. The van der Waals surface area contributed by atoms with Gasteiger partial charge in [0.05, 0.1) is 38.7 Å². The molecule has 2 rings (SSSR count). The van der Waals surface area contributed by atoms with E-state index < -0.39 is 0 Å². The van der Waals surface area contributed by atoms with E-state index in [9.17, 15) is 4.79 Å². The van der Waals surface area contributed by atoms with Crippen LogP contribution in [0.15, 0.2) is 42.5 Å². The summed E-state index contributed by atoms with van der Waals surface area (Å²) in [6.07, 6.45) is 2.03. The van der Waals surface area contributed by atoms with Crippen LogP contribution >= 0.6 is 0 Å². The minimum Gasteiger partial charge on any atom is -0.497 e. The molecule has 2 aromatic carbocycles.